The molecule has 2 N–H and O–H groups in total. The number of carbonyl (C=O) groups excluding carboxylic acids is 1. The molecule has 4 nitrogen and oxygen atoms in total. The topological polar surface area (TPSA) is 55.6 Å². The van der Waals surface area contributed by atoms with Crippen molar-refractivity contribution in [2.24, 2.45) is 5.73 Å². The molecule has 100 valence electrons. The molecule has 17 heavy (non-hydrogen) atoms. The number of nitrogens with zero attached hydrogens (tertiary/aromatic N) is 1. The van der Waals surface area contributed by atoms with Gasteiger partial charge in [-0.25, -0.2) is 4.79 Å². The summed E-state index contributed by atoms with van der Waals surface area (Å²) in [6.07, 6.45) is 6.52. The van der Waals surface area contributed by atoms with Gasteiger partial charge in [-0.1, -0.05) is 25.7 Å². The smallest absolute Gasteiger partial charge is 0.409 e. The third-order valence-corrected chi connectivity index (χ3v) is 3.60. The van der Waals surface area contributed by atoms with Crippen LogP contribution in [0.5, 0.6) is 0 Å². The van der Waals surface area contributed by atoms with Crippen molar-refractivity contribution in [1.29, 1.82) is 0 Å². The van der Waals surface area contributed by atoms with Crippen LogP contribution in [-0.2, 0) is 4.74 Å². The monoisotopic (exact) mass is 242 g/mol. The molecule has 0 radical (unpaired) electrons. The van der Waals surface area contributed by atoms with Crippen LogP contribution in [0.3, 0.4) is 0 Å². The predicted molar refractivity (Wildman–Crippen MR) is 68.9 cm³/mol. The molecular weight excluding hydrogens is 216 g/mol. The molecule has 1 aliphatic rings. The molecule has 0 saturated heterocycles. The van der Waals surface area contributed by atoms with Gasteiger partial charge in [0.15, 0.2) is 0 Å². The lowest BCUT2D eigenvalue weighted by atomic mass is 9.93. The van der Waals surface area contributed by atoms with Gasteiger partial charge in [0.05, 0.1) is 5.54 Å². The summed E-state index contributed by atoms with van der Waals surface area (Å²) in [6, 6.07) is 0. The molecule has 0 bridgehead atoms. The average molecular weight is 242 g/mol. The minimum absolute atomic E-state index is 0.232. The standard InChI is InChI=1S/C13H26N2O2/c1-3-15(4-2)12(16)17-11-13(14)9-7-5-6-8-10-13/h3-11,14H2,1-2H3. The van der Waals surface area contributed by atoms with E-state index in [0.29, 0.717) is 19.7 Å². The number of carbonyl (C=O) groups is 1. The van der Waals surface area contributed by atoms with E-state index >= 15 is 0 Å². The lowest BCUT2D eigenvalue weighted by Crippen LogP contribution is -2.46. The summed E-state index contributed by atoms with van der Waals surface area (Å²) < 4.78 is 5.35. The minimum atomic E-state index is -0.292. The highest BCUT2D eigenvalue weighted by Gasteiger charge is 2.28. The fraction of sp³-hybridized carbons (Fsp3) is 0.923. The van der Waals surface area contributed by atoms with Gasteiger partial charge in [-0.2, -0.15) is 0 Å². The van der Waals surface area contributed by atoms with Crippen LogP contribution in [-0.4, -0.2) is 36.2 Å². The van der Waals surface area contributed by atoms with Crippen molar-refractivity contribution < 1.29 is 9.53 Å². The van der Waals surface area contributed by atoms with Gasteiger partial charge in [0, 0.05) is 13.1 Å². The molecule has 0 aromatic rings. The van der Waals surface area contributed by atoms with Crippen LogP contribution in [0, 0.1) is 0 Å². The van der Waals surface area contributed by atoms with Crippen LogP contribution in [0.1, 0.15) is 52.4 Å². The van der Waals surface area contributed by atoms with E-state index in [2.05, 4.69) is 0 Å². The highest BCUT2D eigenvalue weighted by Crippen LogP contribution is 2.25. The Morgan fingerprint density at radius 2 is 1.71 bits per heavy atom. The third kappa shape index (κ3) is 4.54. The van der Waals surface area contributed by atoms with Crippen molar-refractivity contribution in [3.05, 3.63) is 0 Å². The zero-order chi connectivity index (χ0) is 12.7. The summed E-state index contributed by atoms with van der Waals surface area (Å²) in [6.45, 7) is 5.64. The molecule has 1 saturated carbocycles. The first-order valence-electron chi connectivity index (χ1n) is 6.82. The van der Waals surface area contributed by atoms with Crippen LogP contribution >= 0.6 is 0 Å². The second-order valence-electron chi connectivity index (χ2n) is 5.00. The number of nitrogens with two attached hydrogens (primary N) is 1. The highest BCUT2D eigenvalue weighted by molar-refractivity contribution is 5.67. The first-order chi connectivity index (χ1) is 8.11. The molecule has 0 aliphatic heterocycles. The SMILES string of the molecule is CCN(CC)C(=O)OCC1(N)CCCCCC1. The van der Waals surface area contributed by atoms with Crippen molar-refractivity contribution in [3.63, 3.8) is 0 Å². The zero-order valence-electron chi connectivity index (χ0n) is 11.2. The largest absolute Gasteiger partial charge is 0.447 e. The van der Waals surface area contributed by atoms with Gasteiger partial charge in [-0.3, -0.25) is 0 Å². The molecule has 4 heteroatoms. The number of amides is 1. The maximum Gasteiger partial charge on any atom is 0.409 e. The van der Waals surface area contributed by atoms with Crippen molar-refractivity contribution in [3.8, 4) is 0 Å². The van der Waals surface area contributed by atoms with Gasteiger partial charge >= 0.3 is 6.09 Å². The van der Waals surface area contributed by atoms with Gasteiger partial charge in [0.2, 0.25) is 0 Å². The summed E-state index contributed by atoms with van der Waals surface area (Å²) in [5.41, 5.74) is 6.00. The van der Waals surface area contributed by atoms with Gasteiger partial charge in [0.25, 0.3) is 0 Å². The second kappa shape index (κ2) is 6.84. The highest BCUT2D eigenvalue weighted by atomic mass is 16.6. The van der Waals surface area contributed by atoms with Crippen LogP contribution < -0.4 is 5.73 Å². The number of ether oxygens (including phenoxy) is 1. The Bertz CT molecular complexity index is 232. The Kier molecular flexibility index (Phi) is 5.75. The molecule has 1 rings (SSSR count). The van der Waals surface area contributed by atoms with Crippen LogP contribution in [0.2, 0.25) is 0 Å². The lowest BCUT2D eigenvalue weighted by Gasteiger charge is -2.28. The Hall–Kier alpha value is -0.770. The van der Waals surface area contributed by atoms with Gasteiger partial charge in [-0.05, 0) is 26.7 Å². The number of hydrogen-bond acceptors (Lipinski definition) is 3. The van der Waals surface area contributed by atoms with E-state index in [9.17, 15) is 4.79 Å². The summed E-state index contributed by atoms with van der Waals surface area (Å²) in [7, 11) is 0. The van der Waals surface area contributed by atoms with E-state index in [4.69, 9.17) is 10.5 Å². The van der Waals surface area contributed by atoms with Gasteiger partial charge < -0.3 is 15.4 Å². The van der Waals surface area contributed by atoms with E-state index in [1.165, 1.54) is 12.8 Å². The number of rotatable bonds is 4. The summed E-state index contributed by atoms with van der Waals surface area (Å²) >= 11 is 0. The lowest BCUT2D eigenvalue weighted by molar-refractivity contribution is 0.0789. The molecule has 0 spiro atoms. The molecule has 0 heterocycles. The summed E-state index contributed by atoms with van der Waals surface area (Å²) in [5, 5.41) is 0. The van der Waals surface area contributed by atoms with Crippen LogP contribution in [0.15, 0.2) is 0 Å². The van der Waals surface area contributed by atoms with E-state index < -0.39 is 0 Å². The molecule has 1 fully saturated rings. The van der Waals surface area contributed by atoms with Crippen LogP contribution in [0.4, 0.5) is 4.79 Å². The average Bonchev–Trinajstić information content (AvgIpc) is 2.54. The van der Waals surface area contributed by atoms with Gasteiger partial charge in [0.1, 0.15) is 6.61 Å². The zero-order valence-corrected chi connectivity index (χ0v) is 11.2. The van der Waals surface area contributed by atoms with E-state index in [1.54, 1.807) is 4.90 Å². The second-order valence-corrected chi connectivity index (χ2v) is 5.00. The maximum atomic E-state index is 11.7. The molecule has 0 atom stereocenters. The maximum absolute atomic E-state index is 11.7. The van der Waals surface area contributed by atoms with Gasteiger partial charge in [-0.15, -0.1) is 0 Å². The van der Waals surface area contributed by atoms with E-state index in [-0.39, 0.29) is 11.6 Å². The Morgan fingerprint density at radius 1 is 1.18 bits per heavy atom. The first-order valence-corrected chi connectivity index (χ1v) is 6.82. The molecule has 0 unspecified atom stereocenters. The van der Waals surface area contributed by atoms with Crippen molar-refractivity contribution >= 4 is 6.09 Å². The van der Waals surface area contributed by atoms with E-state index in [1.807, 2.05) is 13.8 Å². The fourth-order valence-corrected chi connectivity index (χ4v) is 2.36. The molecule has 1 aliphatic carbocycles. The summed E-state index contributed by atoms with van der Waals surface area (Å²) in [5.74, 6) is 0. The first kappa shape index (κ1) is 14.3. The Labute approximate surface area is 104 Å². The van der Waals surface area contributed by atoms with E-state index in [0.717, 1.165) is 25.7 Å². The van der Waals surface area contributed by atoms with Crippen molar-refractivity contribution in [1.82, 2.24) is 4.90 Å². The quantitative estimate of drug-likeness (QED) is 0.771. The molecule has 0 aromatic carbocycles. The fourth-order valence-electron chi connectivity index (χ4n) is 2.36. The van der Waals surface area contributed by atoms with Crippen molar-refractivity contribution in [2.45, 2.75) is 57.9 Å². The number of hydrogen-bond donors (Lipinski definition) is 1. The van der Waals surface area contributed by atoms with Crippen molar-refractivity contribution in [2.75, 3.05) is 19.7 Å². The molecule has 0 aromatic heterocycles. The van der Waals surface area contributed by atoms with Crippen LogP contribution in [0.25, 0.3) is 0 Å². The molecule has 1 amide bonds. The molecular formula is C13H26N2O2. The third-order valence-electron chi connectivity index (χ3n) is 3.60. The predicted octanol–water partition coefficient (Wildman–Crippen LogP) is 2.52. The minimum Gasteiger partial charge on any atom is -0.447 e. The Morgan fingerprint density at radius 3 is 2.18 bits per heavy atom. The normalized spacial score (nSPS) is 19.5. The summed E-state index contributed by atoms with van der Waals surface area (Å²) in [4.78, 5) is 13.4. The Balaban J connectivity index is 2.39.